The Morgan fingerprint density at radius 3 is 1.34 bits per heavy atom. The maximum atomic E-state index is 12.0. The van der Waals surface area contributed by atoms with Gasteiger partial charge in [0.15, 0.2) is 0 Å². The van der Waals surface area contributed by atoms with Gasteiger partial charge in [0.1, 0.15) is 5.78 Å². The van der Waals surface area contributed by atoms with Gasteiger partial charge in [-0.05, 0) is 76.9 Å². The lowest BCUT2D eigenvalue weighted by Gasteiger charge is -2.22. The van der Waals surface area contributed by atoms with Crippen molar-refractivity contribution < 1.29 is 4.79 Å². The van der Waals surface area contributed by atoms with Crippen LogP contribution in [0.2, 0.25) is 0 Å². The zero-order chi connectivity index (χ0) is 32.4. The van der Waals surface area contributed by atoms with E-state index in [9.17, 15) is 4.79 Å². The number of allylic oxidation sites excluding steroid dienone is 1. The number of hydrogen-bond acceptors (Lipinski definition) is 2. The molecule has 0 radical (unpaired) electrons. The molecule has 0 atom stereocenters. The van der Waals surface area contributed by atoms with Crippen LogP contribution in [-0.4, -0.2) is 30.3 Å². The van der Waals surface area contributed by atoms with Crippen molar-refractivity contribution in [2.45, 2.75) is 227 Å². The lowest BCUT2D eigenvalue weighted by Crippen LogP contribution is -2.27. The highest BCUT2D eigenvalue weighted by Crippen LogP contribution is 2.27. The molecule has 0 aliphatic heterocycles. The van der Waals surface area contributed by atoms with Crippen LogP contribution in [0.25, 0.3) is 0 Å². The molecule has 0 saturated carbocycles. The molecule has 262 valence electrons. The van der Waals surface area contributed by atoms with Crippen LogP contribution in [0.3, 0.4) is 0 Å². The second kappa shape index (κ2) is 35.2. The van der Waals surface area contributed by atoms with Crippen LogP contribution < -0.4 is 0 Å². The normalized spacial score (nSPS) is 11.7. The van der Waals surface area contributed by atoms with Gasteiger partial charge in [0.05, 0.1) is 0 Å². The predicted octanol–water partition coefficient (Wildman–Crippen LogP) is 14.2. The fourth-order valence-electron chi connectivity index (χ4n) is 6.89. The van der Waals surface area contributed by atoms with E-state index in [-0.39, 0.29) is 0 Å². The van der Waals surface area contributed by atoms with E-state index >= 15 is 0 Å². The van der Waals surface area contributed by atoms with Gasteiger partial charge in [0.2, 0.25) is 0 Å². The highest BCUT2D eigenvalue weighted by atomic mass is 16.1. The summed E-state index contributed by atoms with van der Waals surface area (Å²) in [6, 6.07) is 0. The summed E-state index contributed by atoms with van der Waals surface area (Å²) in [5, 5.41) is 0. The molecule has 0 aromatic rings. The van der Waals surface area contributed by atoms with Gasteiger partial charge in [0.25, 0.3) is 0 Å². The van der Waals surface area contributed by atoms with Crippen LogP contribution in [-0.2, 0) is 4.79 Å². The first-order valence-corrected chi connectivity index (χ1v) is 20.5. The van der Waals surface area contributed by atoms with Crippen LogP contribution in [0.4, 0.5) is 0 Å². The topological polar surface area (TPSA) is 20.3 Å². The second-order valence-electron chi connectivity index (χ2n) is 14.5. The molecule has 2 nitrogen and oxygen atoms in total. The minimum Gasteiger partial charge on any atom is -0.303 e. The summed E-state index contributed by atoms with van der Waals surface area (Å²) in [6.45, 7) is 17.6. The Kier molecular flexibility index (Phi) is 34.7. The number of carbonyl (C=O) groups excluding carboxylic acids is 1. The molecule has 0 fully saturated rings. The average molecular weight is 618 g/mol. The monoisotopic (exact) mass is 618 g/mol. The second-order valence-corrected chi connectivity index (χ2v) is 14.5. The van der Waals surface area contributed by atoms with Crippen molar-refractivity contribution in [1.82, 2.24) is 4.90 Å². The van der Waals surface area contributed by atoms with Crippen LogP contribution in [0.15, 0.2) is 12.2 Å². The molecule has 0 rings (SSSR count). The van der Waals surface area contributed by atoms with Crippen molar-refractivity contribution in [3.63, 3.8) is 0 Å². The molecule has 0 spiro atoms. The zero-order valence-corrected chi connectivity index (χ0v) is 31.2. The van der Waals surface area contributed by atoms with Gasteiger partial charge in [-0.3, -0.25) is 4.79 Å². The number of nitrogens with zero attached hydrogens (tertiary/aromatic N) is 1. The molecule has 0 aromatic carbocycles. The Hall–Kier alpha value is -0.630. The Labute approximate surface area is 279 Å². The van der Waals surface area contributed by atoms with Crippen LogP contribution >= 0.6 is 0 Å². The summed E-state index contributed by atoms with van der Waals surface area (Å²) in [5.41, 5.74) is 1.54. The van der Waals surface area contributed by atoms with E-state index in [4.69, 9.17) is 0 Å². The minimum atomic E-state index is 0.502. The summed E-state index contributed by atoms with van der Waals surface area (Å²) in [4.78, 5) is 14.7. The van der Waals surface area contributed by atoms with Gasteiger partial charge in [-0.25, -0.2) is 0 Å². The number of hydrogen-bond donors (Lipinski definition) is 0. The number of ketones is 1. The Bertz CT molecular complexity index is 585. The SMILES string of the molecule is C=C(CCCCCN(CCC)CCCCCCCCCC(=O)CCCCCC)CC(CCCCCCC)CCCCCCC. The Balaban J connectivity index is 3.97. The van der Waals surface area contributed by atoms with Gasteiger partial charge in [-0.1, -0.05) is 175 Å². The summed E-state index contributed by atoms with van der Waals surface area (Å²) in [6.07, 6.45) is 40.5. The highest BCUT2D eigenvalue weighted by Gasteiger charge is 2.11. The first-order chi connectivity index (χ1) is 21.6. The fraction of sp³-hybridized carbons (Fsp3) is 0.929. The van der Waals surface area contributed by atoms with Gasteiger partial charge in [-0.15, -0.1) is 0 Å². The lowest BCUT2D eigenvalue weighted by atomic mass is 9.87. The maximum absolute atomic E-state index is 12.0. The summed E-state index contributed by atoms with van der Waals surface area (Å²) >= 11 is 0. The van der Waals surface area contributed by atoms with Gasteiger partial charge in [-0.2, -0.15) is 0 Å². The average Bonchev–Trinajstić information content (AvgIpc) is 3.01. The van der Waals surface area contributed by atoms with Gasteiger partial charge in [0, 0.05) is 12.8 Å². The third kappa shape index (κ3) is 31.4. The van der Waals surface area contributed by atoms with E-state index in [0.29, 0.717) is 5.78 Å². The van der Waals surface area contributed by atoms with E-state index in [1.165, 1.54) is 199 Å². The summed E-state index contributed by atoms with van der Waals surface area (Å²) in [7, 11) is 0. The van der Waals surface area contributed by atoms with Crippen LogP contribution in [0.5, 0.6) is 0 Å². The zero-order valence-electron chi connectivity index (χ0n) is 31.2. The number of carbonyl (C=O) groups is 1. The molecule has 0 aliphatic rings. The predicted molar refractivity (Wildman–Crippen MR) is 200 cm³/mol. The molecule has 0 N–H and O–H groups in total. The largest absolute Gasteiger partial charge is 0.303 e. The van der Waals surface area contributed by atoms with E-state index in [0.717, 1.165) is 31.6 Å². The molecule has 0 unspecified atom stereocenters. The molecular weight excluding hydrogens is 534 g/mol. The fourth-order valence-corrected chi connectivity index (χ4v) is 6.89. The number of Topliss-reactive ketones (excluding diaryl/α,β-unsaturated/α-hetero) is 1. The molecule has 0 saturated heterocycles. The van der Waals surface area contributed by atoms with Crippen molar-refractivity contribution >= 4 is 5.78 Å². The molecule has 0 aliphatic carbocycles. The maximum Gasteiger partial charge on any atom is 0.132 e. The number of unbranched alkanes of at least 4 members (excludes halogenated alkanes) is 19. The summed E-state index contributed by atoms with van der Waals surface area (Å²) < 4.78 is 0. The lowest BCUT2D eigenvalue weighted by molar-refractivity contribution is -0.119. The van der Waals surface area contributed by atoms with Gasteiger partial charge >= 0.3 is 0 Å². The van der Waals surface area contributed by atoms with Crippen molar-refractivity contribution in [1.29, 1.82) is 0 Å². The molecular formula is C42H83NO. The Morgan fingerprint density at radius 2 is 0.841 bits per heavy atom. The minimum absolute atomic E-state index is 0.502. The molecule has 0 bridgehead atoms. The van der Waals surface area contributed by atoms with E-state index in [1.807, 2.05) is 0 Å². The molecule has 44 heavy (non-hydrogen) atoms. The van der Waals surface area contributed by atoms with Crippen LogP contribution in [0.1, 0.15) is 227 Å². The molecule has 0 amide bonds. The van der Waals surface area contributed by atoms with Crippen molar-refractivity contribution in [3.05, 3.63) is 12.2 Å². The summed E-state index contributed by atoms with van der Waals surface area (Å²) in [5.74, 6) is 1.39. The van der Waals surface area contributed by atoms with E-state index < -0.39 is 0 Å². The highest BCUT2D eigenvalue weighted by molar-refractivity contribution is 5.78. The van der Waals surface area contributed by atoms with E-state index in [1.54, 1.807) is 0 Å². The van der Waals surface area contributed by atoms with Crippen molar-refractivity contribution in [2.24, 2.45) is 5.92 Å². The third-order valence-electron chi connectivity index (χ3n) is 9.79. The van der Waals surface area contributed by atoms with E-state index in [2.05, 4.69) is 39.2 Å². The van der Waals surface area contributed by atoms with Crippen molar-refractivity contribution in [3.8, 4) is 0 Å². The van der Waals surface area contributed by atoms with Crippen molar-refractivity contribution in [2.75, 3.05) is 19.6 Å². The molecule has 0 heterocycles. The van der Waals surface area contributed by atoms with Gasteiger partial charge < -0.3 is 4.90 Å². The number of rotatable bonds is 37. The smallest absolute Gasteiger partial charge is 0.132 e. The van der Waals surface area contributed by atoms with Crippen LogP contribution in [0, 0.1) is 5.92 Å². The third-order valence-corrected chi connectivity index (χ3v) is 9.79. The molecule has 0 aromatic heterocycles. The molecule has 2 heteroatoms. The Morgan fingerprint density at radius 1 is 0.455 bits per heavy atom. The first-order valence-electron chi connectivity index (χ1n) is 20.5. The first kappa shape index (κ1) is 43.4. The standard InChI is InChI=1S/C42H83NO/c1-6-10-13-19-25-32-41(33-26-20-14-11-7-2)39-40(5)31-24-23-30-38-43(36-9-4)37-29-22-18-16-17-21-28-35-42(44)34-27-15-12-8-3/h41H,5-39H2,1-4H3. The quantitative estimate of drug-likeness (QED) is 0.0510.